The van der Waals surface area contributed by atoms with E-state index in [1.165, 1.54) is 13.0 Å². The lowest BCUT2D eigenvalue weighted by Crippen LogP contribution is -2.39. The largest absolute Gasteiger partial charge is 0.489 e. The van der Waals surface area contributed by atoms with Crippen molar-refractivity contribution in [2.75, 3.05) is 6.54 Å². The molecule has 0 saturated carbocycles. The molecule has 0 aliphatic heterocycles. The summed E-state index contributed by atoms with van der Waals surface area (Å²) >= 11 is 0. The highest BCUT2D eigenvalue weighted by molar-refractivity contribution is 5.82. The third-order valence-electron chi connectivity index (χ3n) is 3.30. The topological polar surface area (TPSA) is 76.7 Å². The minimum absolute atomic E-state index is 0.0294. The summed E-state index contributed by atoms with van der Waals surface area (Å²) in [6.07, 6.45) is -6.33. The Morgan fingerprint density at radius 3 is 2.29 bits per heavy atom. The van der Waals surface area contributed by atoms with Crippen LogP contribution in [0, 0.1) is 5.82 Å². The van der Waals surface area contributed by atoms with Gasteiger partial charge in [-0.1, -0.05) is 0 Å². The maximum absolute atomic E-state index is 13.6. The molecule has 0 unspecified atom stereocenters. The number of hydrogen-bond acceptors (Lipinski definition) is 4. The van der Waals surface area contributed by atoms with Gasteiger partial charge >= 0.3 is 18.2 Å². The summed E-state index contributed by atoms with van der Waals surface area (Å²) in [6, 6.07) is 2.13. The standard InChI is InChI=1S/C18H24F4N2O4/c1-10(9-23-16(26)28-17(3,4)5)27-14-7-6-12(19)8-13(14)11(2)24-15(25)18(20,21)22/h6-8,10-11H,9H2,1-5H3,(H,23,26)(H,24,25)/t10-,11+/m0/s1. The molecule has 0 saturated heterocycles. The summed E-state index contributed by atoms with van der Waals surface area (Å²) < 4.78 is 61.6. The lowest BCUT2D eigenvalue weighted by atomic mass is 10.1. The lowest BCUT2D eigenvalue weighted by Gasteiger charge is -2.23. The van der Waals surface area contributed by atoms with Gasteiger partial charge in [-0.05, 0) is 52.8 Å². The Morgan fingerprint density at radius 1 is 1.14 bits per heavy atom. The van der Waals surface area contributed by atoms with Crippen LogP contribution in [0.1, 0.15) is 46.2 Å². The highest BCUT2D eigenvalue weighted by atomic mass is 19.4. The van der Waals surface area contributed by atoms with Crippen LogP contribution in [-0.2, 0) is 9.53 Å². The van der Waals surface area contributed by atoms with Gasteiger partial charge in [-0.25, -0.2) is 9.18 Å². The van der Waals surface area contributed by atoms with Gasteiger partial charge in [0.1, 0.15) is 23.3 Å². The van der Waals surface area contributed by atoms with Crippen LogP contribution in [0.15, 0.2) is 18.2 Å². The van der Waals surface area contributed by atoms with Crippen LogP contribution >= 0.6 is 0 Å². The third kappa shape index (κ3) is 8.01. The van der Waals surface area contributed by atoms with Crippen LogP contribution in [0.4, 0.5) is 22.4 Å². The maximum Gasteiger partial charge on any atom is 0.471 e. The predicted octanol–water partition coefficient (Wildman–Crippen LogP) is 3.86. The minimum Gasteiger partial charge on any atom is -0.489 e. The molecule has 2 N–H and O–H groups in total. The van der Waals surface area contributed by atoms with Crippen molar-refractivity contribution in [3.63, 3.8) is 0 Å². The van der Waals surface area contributed by atoms with Crippen LogP contribution in [-0.4, -0.2) is 36.4 Å². The molecule has 2 atom stereocenters. The second kappa shape index (κ2) is 9.11. The summed E-state index contributed by atoms with van der Waals surface area (Å²) in [5.74, 6) is -2.76. The van der Waals surface area contributed by atoms with Crippen molar-refractivity contribution in [1.82, 2.24) is 10.6 Å². The van der Waals surface area contributed by atoms with E-state index in [2.05, 4.69) is 5.32 Å². The number of alkyl halides is 3. The molecule has 28 heavy (non-hydrogen) atoms. The molecule has 0 spiro atoms. The lowest BCUT2D eigenvalue weighted by molar-refractivity contribution is -0.174. The Morgan fingerprint density at radius 2 is 1.75 bits per heavy atom. The first kappa shape index (κ1) is 23.5. The molecule has 0 aromatic heterocycles. The minimum atomic E-state index is -5.06. The number of carbonyl (C=O) groups excluding carboxylic acids is 2. The Bertz CT molecular complexity index is 702. The monoisotopic (exact) mass is 408 g/mol. The Balaban J connectivity index is 2.80. The van der Waals surface area contributed by atoms with Crippen LogP contribution in [0.25, 0.3) is 0 Å². The second-order valence-electron chi connectivity index (χ2n) is 7.19. The molecule has 1 rings (SSSR count). The summed E-state index contributed by atoms with van der Waals surface area (Å²) in [5, 5.41) is 4.25. The normalized spacial score (nSPS) is 14.0. The van der Waals surface area contributed by atoms with Crippen molar-refractivity contribution >= 4 is 12.0 Å². The van der Waals surface area contributed by atoms with Crippen LogP contribution in [0.2, 0.25) is 0 Å². The number of ether oxygens (including phenoxy) is 2. The van der Waals surface area contributed by atoms with Crippen LogP contribution < -0.4 is 15.4 Å². The van der Waals surface area contributed by atoms with E-state index >= 15 is 0 Å². The quantitative estimate of drug-likeness (QED) is 0.701. The van der Waals surface area contributed by atoms with E-state index in [0.717, 1.165) is 12.1 Å². The van der Waals surface area contributed by atoms with Gasteiger partial charge in [0.2, 0.25) is 0 Å². The van der Waals surface area contributed by atoms with E-state index in [1.807, 2.05) is 0 Å². The molecule has 0 aliphatic carbocycles. The van der Waals surface area contributed by atoms with E-state index in [-0.39, 0.29) is 17.9 Å². The van der Waals surface area contributed by atoms with Crippen molar-refractivity contribution in [3.05, 3.63) is 29.6 Å². The number of rotatable bonds is 6. The zero-order valence-electron chi connectivity index (χ0n) is 16.2. The molecule has 158 valence electrons. The summed E-state index contributed by atoms with van der Waals surface area (Å²) in [6.45, 7) is 8.02. The van der Waals surface area contributed by atoms with Gasteiger partial charge in [0.25, 0.3) is 0 Å². The summed E-state index contributed by atoms with van der Waals surface area (Å²) in [7, 11) is 0. The Labute approximate surface area is 160 Å². The van der Waals surface area contributed by atoms with Crippen molar-refractivity contribution in [2.24, 2.45) is 0 Å². The molecule has 1 aromatic carbocycles. The summed E-state index contributed by atoms with van der Waals surface area (Å²) in [5.41, 5.74) is -0.647. The number of carbonyl (C=O) groups is 2. The molecule has 10 heteroatoms. The first-order valence-corrected chi connectivity index (χ1v) is 8.49. The third-order valence-corrected chi connectivity index (χ3v) is 3.30. The molecule has 0 radical (unpaired) electrons. The fourth-order valence-corrected chi connectivity index (χ4v) is 2.12. The van der Waals surface area contributed by atoms with Gasteiger partial charge in [-0.15, -0.1) is 0 Å². The molecular weight excluding hydrogens is 384 g/mol. The summed E-state index contributed by atoms with van der Waals surface area (Å²) in [4.78, 5) is 22.8. The predicted molar refractivity (Wildman–Crippen MR) is 93.3 cm³/mol. The molecule has 6 nitrogen and oxygen atoms in total. The average molecular weight is 408 g/mol. The van der Waals surface area contributed by atoms with Crippen molar-refractivity contribution in [1.29, 1.82) is 0 Å². The number of nitrogens with one attached hydrogen (secondary N) is 2. The van der Waals surface area contributed by atoms with Crippen LogP contribution in [0.5, 0.6) is 5.75 Å². The SMILES string of the molecule is C[C@@H](CNC(=O)OC(C)(C)C)Oc1ccc(F)cc1[C@@H](C)NC(=O)C(F)(F)F. The van der Waals surface area contributed by atoms with Gasteiger partial charge < -0.3 is 20.1 Å². The number of alkyl carbamates (subject to hydrolysis) is 1. The van der Waals surface area contributed by atoms with Crippen LogP contribution in [0.3, 0.4) is 0 Å². The maximum atomic E-state index is 13.6. The van der Waals surface area contributed by atoms with E-state index in [1.54, 1.807) is 33.0 Å². The van der Waals surface area contributed by atoms with Crippen molar-refractivity contribution in [3.8, 4) is 5.75 Å². The fraction of sp³-hybridized carbons (Fsp3) is 0.556. The van der Waals surface area contributed by atoms with Gasteiger partial charge in [0.15, 0.2) is 0 Å². The molecule has 0 aliphatic rings. The first-order chi connectivity index (χ1) is 12.7. The molecule has 2 amide bonds. The Kier molecular flexibility index (Phi) is 7.66. The van der Waals surface area contributed by atoms with Gasteiger partial charge in [-0.3, -0.25) is 4.79 Å². The van der Waals surface area contributed by atoms with Gasteiger partial charge in [0, 0.05) is 5.56 Å². The van der Waals surface area contributed by atoms with Crippen molar-refractivity contribution < 1.29 is 36.6 Å². The zero-order chi connectivity index (χ0) is 21.7. The van der Waals surface area contributed by atoms with Gasteiger partial charge in [-0.2, -0.15) is 13.2 Å². The van der Waals surface area contributed by atoms with E-state index in [9.17, 15) is 27.2 Å². The molecule has 0 bridgehead atoms. The first-order valence-electron chi connectivity index (χ1n) is 8.49. The number of hydrogen-bond donors (Lipinski definition) is 2. The molecule has 1 aromatic rings. The number of benzene rings is 1. The van der Waals surface area contributed by atoms with E-state index in [4.69, 9.17) is 9.47 Å². The molecule has 0 fully saturated rings. The highest BCUT2D eigenvalue weighted by Crippen LogP contribution is 2.28. The molecule has 0 heterocycles. The molecular formula is C18H24F4N2O4. The zero-order valence-corrected chi connectivity index (χ0v) is 16.2. The van der Waals surface area contributed by atoms with Crippen molar-refractivity contribution in [2.45, 2.75) is 58.5 Å². The van der Waals surface area contributed by atoms with E-state index < -0.39 is 41.7 Å². The number of halogens is 4. The van der Waals surface area contributed by atoms with E-state index in [0.29, 0.717) is 0 Å². The highest BCUT2D eigenvalue weighted by Gasteiger charge is 2.39. The fourth-order valence-electron chi connectivity index (χ4n) is 2.12. The second-order valence-corrected chi connectivity index (χ2v) is 7.19. The smallest absolute Gasteiger partial charge is 0.471 e. The number of amides is 2. The Hall–Kier alpha value is -2.52. The van der Waals surface area contributed by atoms with Gasteiger partial charge in [0.05, 0.1) is 12.6 Å². The average Bonchev–Trinajstić information content (AvgIpc) is 2.52.